The van der Waals surface area contributed by atoms with Gasteiger partial charge >= 0.3 is 0 Å². The fourth-order valence-corrected chi connectivity index (χ4v) is 1.68. The molecular formula is C16H28O. The molecule has 0 bridgehead atoms. The number of rotatable bonds is 8. The minimum absolute atomic E-state index is 0.170. The van der Waals surface area contributed by atoms with Crippen LogP contribution in [0.5, 0.6) is 0 Å². The Bertz CT molecular complexity index is 278. The Morgan fingerprint density at radius 2 is 1.47 bits per heavy atom. The van der Waals surface area contributed by atoms with Gasteiger partial charge in [-0.2, -0.15) is 0 Å². The quantitative estimate of drug-likeness (QED) is 0.474. The van der Waals surface area contributed by atoms with Gasteiger partial charge in [-0.1, -0.05) is 34.9 Å². The van der Waals surface area contributed by atoms with Crippen molar-refractivity contribution in [3.05, 3.63) is 34.9 Å². The summed E-state index contributed by atoms with van der Waals surface area (Å²) in [4.78, 5) is 0. The minimum Gasteiger partial charge on any atom is -0.392 e. The van der Waals surface area contributed by atoms with E-state index in [9.17, 15) is 0 Å². The summed E-state index contributed by atoms with van der Waals surface area (Å²) >= 11 is 0. The van der Waals surface area contributed by atoms with Crippen molar-refractivity contribution in [2.24, 2.45) is 0 Å². The maximum Gasteiger partial charge on any atom is 0.0614 e. The normalized spacial score (nSPS) is 12.8. The van der Waals surface area contributed by atoms with E-state index in [0.29, 0.717) is 0 Å². The zero-order valence-electron chi connectivity index (χ0n) is 11.9. The third-order valence-corrected chi connectivity index (χ3v) is 2.80. The van der Waals surface area contributed by atoms with Gasteiger partial charge in [-0.05, 0) is 59.8 Å². The fraction of sp³-hybridized carbons (Fsp3) is 0.625. The van der Waals surface area contributed by atoms with Crippen molar-refractivity contribution in [3.63, 3.8) is 0 Å². The van der Waals surface area contributed by atoms with Crippen LogP contribution in [0.3, 0.4) is 0 Å². The monoisotopic (exact) mass is 236 g/mol. The summed E-state index contributed by atoms with van der Waals surface area (Å²) in [6.07, 6.45) is 12.3. The molecule has 0 saturated heterocycles. The molecule has 0 aromatic heterocycles. The van der Waals surface area contributed by atoms with Gasteiger partial charge in [-0.25, -0.2) is 0 Å². The Morgan fingerprint density at radius 3 is 2.06 bits per heavy atom. The standard InChI is InChI=1S/C16H28O/c1-14(2)8-7-11-15(3)9-5-6-10-16(4)12-13-17/h8-9,12,17H,5-7,10-11,13H2,1-4H3. The number of aliphatic hydroxyl groups is 1. The number of hydrogen-bond acceptors (Lipinski definition) is 1. The van der Waals surface area contributed by atoms with Crippen molar-refractivity contribution in [1.82, 2.24) is 0 Å². The van der Waals surface area contributed by atoms with Crippen molar-refractivity contribution in [1.29, 1.82) is 0 Å². The van der Waals surface area contributed by atoms with Crippen LogP contribution in [0.2, 0.25) is 0 Å². The van der Waals surface area contributed by atoms with E-state index >= 15 is 0 Å². The molecule has 0 aromatic rings. The summed E-state index contributed by atoms with van der Waals surface area (Å²) in [6.45, 7) is 8.77. The number of allylic oxidation sites excluding steroid dienone is 5. The third-order valence-electron chi connectivity index (χ3n) is 2.80. The fourth-order valence-electron chi connectivity index (χ4n) is 1.68. The van der Waals surface area contributed by atoms with Gasteiger partial charge in [0, 0.05) is 0 Å². The minimum atomic E-state index is 0.170. The molecular weight excluding hydrogens is 208 g/mol. The first kappa shape index (κ1) is 16.2. The Labute approximate surface area is 107 Å². The van der Waals surface area contributed by atoms with Gasteiger partial charge in [-0.15, -0.1) is 0 Å². The van der Waals surface area contributed by atoms with Gasteiger partial charge < -0.3 is 5.11 Å². The molecule has 0 spiro atoms. The number of hydrogen-bond donors (Lipinski definition) is 1. The van der Waals surface area contributed by atoms with Crippen LogP contribution < -0.4 is 0 Å². The van der Waals surface area contributed by atoms with Gasteiger partial charge in [0.15, 0.2) is 0 Å². The lowest BCUT2D eigenvalue weighted by Crippen LogP contribution is -1.83. The predicted octanol–water partition coefficient (Wildman–Crippen LogP) is 4.79. The van der Waals surface area contributed by atoms with Crippen LogP contribution in [-0.4, -0.2) is 11.7 Å². The van der Waals surface area contributed by atoms with Crippen molar-refractivity contribution < 1.29 is 5.11 Å². The Morgan fingerprint density at radius 1 is 0.824 bits per heavy atom. The van der Waals surface area contributed by atoms with Gasteiger partial charge in [0.25, 0.3) is 0 Å². The zero-order chi connectivity index (χ0) is 13.1. The molecule has 0 radical (unpaired) electrons. The molecule has 0 atom stereocenters. The van der Waals surface area contributed by atoms with E-state index in [2.05, 4.69) is 39.8 Å². The van der Waals surface area contributed by atoms with E-state index in [4.69, 9.17) is 5.11 Å². The van der Waals surface area contributed by atoms with Gasteiger partial charge in [0.1, 0.15) is 0 Å². The summed E-state index contributed by atoms with van der Waals surface area (Å²) in [5, 5.41) is 8.73. The molecule has 17 heavy (non-hydrogen) atoms. The summed E-state index contributed by atoms with van der Waals surface area (Å²) in [5.41, 5.74) is 4.19. The maximum absolute atomic E-state index is 8.73. The topological polar surface area (TPSA) is 20.2 Å². The van der Waals surface area contributed by atoms with Gasteiger partial charge in [0.2, 0.25) is 0 Å². The maximum atomic E-state index is 8.73. The number of unbranched alkanes of at least 4 members (excludes halogenated alkanes) is 1. The molecule has 0 heterocycles. The molecule has 0 aliphatic rings. The van der Waals surface area contributed by atoms with E-state index in [0.717, 1.165) is 19.3 Å². The summed E-state index contributed by atoms with van der Waals surface area (Å²) in [6, 6.07) is 0. The van der Waals surface area contributed by atoms with Crippen LogP contribution in [0.1, 0.15) is 59.8 Å². The predicted molar refractivity (Wildman–Crippen MR) is 77.1 cm³/mol. The van der Waals surface area contributed by atoms with E-state index in [-0.39, 0.29) is 6.61 Å². The molecule has 0 saturated carbocycles. The highest BCUT2D eigenvalue weighted by molar-refractivity contribution is 5.03. The summed E-state index contributed by atoms with van der Waals surface area (Å²) in [5.74, 6) is 0. The highest BCUT2D eigenvalue weighted by Crippen LogP contribution is 2.11. The Balaban J connectivity index is 3.70. The Hall–Kier alpha value is -0.820. The second-order valence-electron chi connectivity index (χ2n) is 5.00. The molecule has 1 N–H and O–H groups in total. The lowest BCUT2D eigenvalue weighted by molar-refractivity contribution is 0.341. The van der Waals surface area contributed by atoms with Gasteiger partial charge in [0.05, 0.1) is 6.61 Å². The van der Waals surface area contributed by atoms with Crippen LogP contribution >= 0.6 is 0 Å². The average Bonchev–Trinajstić information content (AvgIpc) is 2.24. The molecule has 1 heteroatoms. The lowest BCUT2D eigenvalue weighted by Gasteiger charge is -2.01. The van der Waals surface area contributed by atoms with Crippen molar-refractivity contribution in [2.45, 2.75) is 59.8 Å². The molecule has 1 nitrogen and oxygen atoms in total. The average molecular weight is 236 g/mol. The lowest BCUT2D eigenvalue weighted by atomic mass is 10.1. The molecule has 0 unspecified atom stereocenters. The summed E-state index contributed by atoms with van der Waals surface area (Å²) in [7, 11) is 0. The van der Waals surface area contributed by atoms with E-state index in [1.54, 1.807) is 0 Å². The summed E-state index contributed by atoms with van der Waals surface area (Å²) < 4.78 is 0. The smallest absolute Gasteiger partial charge is 0.0614 e. The molecule has 0 fully saturated rings. The van der Waals surface area contributed by atoms with E-state index in [1.807, 2.05) is 6.08 Å². The molecule has 0 amide bonds. The Kier molecular flexibility index (Phi) is 9.84. The van der Waals surface area contributed by atoms with Crippen molar-refractivity contribution in [3.8, 4) is 0 Å². The van der Waals surface area contributed by atoms with Crippen LogP contribution in [0.25, 0.3) is 0 Å². The molecule has 0 aliphatic heterocycles. The highest BCUT2D eigenvalue weighted by Gasteiger charge is 1.91. The van der Waals surface area contributed by atoms with E-state index in [1.165, 1.54) is 29.6 Å². The first-order valence-electron chi connectivity index (χ1n) is 6.61. The largest absolute Gasteiger partial charge is 0.392 e. The molecule has 0 rings (SSSR count). The number of aliphatic hydroxyl groups excluding tert-OH is 1. The zero-order valence-corrected chi connectivity index (χ0v) is 11.9. The second-order valence-corrected chi connectivity index (χ2v) is 5.00. The second kappa shape index (κ2) is 10.3. The molecule has 98 valence electrons. The van der Waals surface area contributed by atoms with Crippen LogP contribution in [0.15, 0.2) is 34.9 Å². The van der Waals surface area contributed by atoms with Crippen LogP contribution in [0.4, 0.5) is 0 Å². The van der Waals surface area contributed by atoms with Crippen molar-refractivity contribution in [2.75, 3.05) is 6.61 Å². The van der Waals surface area contributed by atoms with E-state index < -0.39 is 0 Å². The van der Waals surface area contributed by atoms with Crippen LogP contribution in [-0.2, 0) is 0 Å². The first-order chi connectivity index (χ1) is 8.06. The molecule has 0 aromatic carbocycles. The third kappa shape index (κ3) is 11.4. The first-order valence-corrected chi connectivity index (χ1v) is 6.61. The van der Waals surface area contributed by atoms with Crippen LogP contribution in [0, 0.1) is 0 Å². The van der Waals surface area contributed by atoms with Crippen molar-refractivity contribution >= 4 is 0 Å². The molecule has 0 aliphatic carbocycles. The van der Waals surface area contributed by atoms with Gasteiger partial charge in [-0.3, -0.25) is 0 Å². The highest BCUT2D eigenvalue weighted by atomic mass is 16.2. The SMILES string of the molecule is CC(C)=CCCC(C)=CCCCC(C)=CCO.